The summed E-state index contributed by atoms with van der Waals surface area (Å²) in [5.74, 6) is -0.191. The fourth-order valence-corrected chi connectivity index (χ4v) is 9.20. The van der Waals surface area contributed by atoms with E-state index in [1.807, 2.05) is 6.08 Å². The number of hydrogen-bond acceptors (Lipinski definition) is 8. The van der Waals surface area contributed by atoms with E-state index in [9.17, 15) is 30.3 Å². The Morgan fingerprint density at radius 2 is 0.833 bits per heavy atom. The Kier molecular flexibility index (Phi) is 48.9. The Morgan fingerprint density at radius 3 is 1.26 bits per heavy atom. The topological polar surface area (TPSA) is 149 Å². The van der Waals surface area contributed by atoms with Gasteiger partial charge in [0.25, 0.3) is 0 Å². The Labute approximate surface area is 442 Å². The van der Waals surface area contributed by atoms with Gasteiger partial charge in [-0.25, -0.2) is 0 Å². The van der Waals surface area contributed by atoms with Gasteiger partial charge in [-0.05, 0) is 83.5 Å². The average molecular weight is 1010 g/mol. The second kappa shape index (κ2) is 52.1. The predicted molar refractivity (Wildman–Crippen MR) is 304 cm³/mol. The Balaban J connectivity index is 2.19. The van der Waals surface area contributed by atoms with Gasteiger partial charge in [0, 0.05) is 6.42 Å². The molecular weight excluding hydrogens is 899 g/mol. The molecule has 1 saturated heterocycles. The van der Waals surface area contributed by atoms with E-state index in [0.29, 0.717) is 6.42 Å². The Hall–Kier alpha value is -2.37. The summed E-state index contributed by atoms with van der Waals surface area (Å²) in [5.41, 5.74) is 0. The molecule has 7 atom stereocenters. The molecular formula is C63H113NO8. The number of unbranched alkanes of at least 4 members (excludes halogenated alkanes) is 31. The van der Waals surface area contributed by atoms with Gasteiger partial charge >= 0.3 is 0 Å². The van der Waals surface area contributed by atoms with Crippen molar-refractivity contribution in [2.75, 3.05) is 13.2 Å². The molecule has 1 aliphatic heterocycles. The van der Waals surface area contributed by atoms with Crippen molar-refractivity contribution in [2.24, 2.45) is 0 Å². The standard InChI is InChI=1S/C63H113NO8/c1-3-5-7-9-11-13-15-17-19-21-23-24-25-26-27-28-29-30-31-32-33-34-35-37-39-41-43-45-47-49-51-53-59(67)64-56(55-71-63-62(70)61(69)60(68)58(54-65)72-63)57(66)52-50-48-46-44-42-40-38-36-22-20-18-16-14-12-10-8-6-4-2/h15,17,21-23,25-26,36,42,44,50,52,56-58,60-63,65-66,68-70H,3-14,16,18-20,24,27-35,37-41,43,45-49,51,53-55H2,1-2H3,(H,64,67)/b17-15-,23-21-,26-25-,36-22+,44-42+,52-50+. The molecule has 0 saturated carbocycles. The number of nitrogens with one attached hydrogen (secondary N) is 1. The van der Waals surface area contributed by atoms with Crippen molar-refractivity contribution in [1.29, 1.82) is 0 Å². The zero-order valence-electron chi connectivity index (χ0n) is 46.4. The fourth-order valence-electron chi connectivity index (χ4n) is 9.20. The van der Waals surface area contributed by atoms with Crippen LogP contribution in [0.25, 0.3) is 0 Å². The molecule has 0 aromatic heterocycles. The van der Waals surface area contributed by atoms with Crippen LogP contribution in [-0.2, 0) is 14.3 Å². The van der Waals surface area contributed by atoms with E-state index in [4.69, 9.17) is 9.47 Å². The molecule has 0 radical (unpaired) electrons. The lowest BCUT2D eigenvalue weighted by molar-refractivity contribution is -0.302. The van der Waals surface area contributed by atoms with Crippen LogP contribution in [-0.4, -0.2) is 87.5 Å². The van der Waals surface area contributed by atoms with E-state index >= 15 is 0 Å². The van der Waals surface area contributed by atoms with Gasteiger partial charge in [-0.3, -0.25) is 4.79 Å². The molecule has 0 aliphatic carbocycles. The van der Waals surface area contributed by atoms with Crippen molar-refractivity contribution in [1.82, 2.24) is 5.32 Å². The van der Waals surface area contributed by atoms with Crippen LogP contribution in [0, 0.1) is 0 Å². The van der Waals surface area contributed by atoms with Crippen LogP contribution >= 0.6 is 0 Å². The number of hydrogen-bond donors (Lipinski definition) is 6. The van der Waals surface area contributed by atoms with E-state index in [-0.39, 0.29) is 12.5 Å². The summed E-state index contributed by atoms with van der Waals surface area (Å²) < 4.78 is 11.3. The first kappa shape index (κ1) is 67.6. The van der Waals surface area contributed by atoms with Crippen molar-refractivity contribution in [3.63, 3.8) is 0 Å². The van der Waals surface area contributed by atoms with Crippen LogP contribution in [0.15, 0.2) is 72.9 Å². The molecule has 0 aromatic carbocycles. The number of aliphatic hydroxyl groups is 5. The van der Waals surface area contributed by atoms with Gasteiger partial charge in [-0.2, -0.15) is 0 Å². The van der Waals surface area contributed by atoms with Crippen LogP contribution in [0.1, 0.15) is 264 Å². The highest BCUT2D eigenvalue weighted by Gasteiger charge is 2.44. The van der Waals surface area contributed by atoms with Crippen molar-refractivity contribution in [3.8, 4) is 0 Å². The van der Waals surface area contributed by atoms with Gasteiger partial charge in [-0.15, -0.1) is 0 Å². The second-order valence-electron chi connectivity index (χ2n) is 20.8. The highest BCUT2D eigenvalue weighted by Crippen LogP contribution is 2.23. The number of carbonyl (C=O) groups excluding carboxylic acids is 1. The molecule has 1 heterocycles. The molecule has 0 aromatic rings. The van der Waals surface area contributed by atoms with Crippen molar-refractivity contribution in [2.45, 2.75) is 307 Å². The molecule has 1 fully saturated rings. The molecule has 9 nitrogen and oxygen atoms in total. The molecule has 418 valence electrons. The van der Waals surface area contributed by atoms with Crippen molar-refractivity contribution >= 4 is 5.91 Å². The normalized spacial score (nSPS) is 19.7. The second-order valence-corrected chi connectivity index (χ2v) is 20.8. The van der Waals surface area contributed by atoms with E-state index in [2.05, 4.69) is 79.9 Å². The summed E-state index contributed by atoms with van der Waals surface area (Å²) in [7, 11) is 0. The molecule has 0 bridgehead atoms. The number of rotatable bonds is 51. The van der Waals surface area contributed by atoms with E-state index < -0.39 is 49.5 Å². The highest BCUT2D eigenvalue weighted by molar-refractivity contribution is 5.76. The first-order valence-electron chi connectivity index (χ1n) is 30.2. The predicted octanol–water partition coefficient (Wildman–Crippen LogP) is 15.2. The Bertz CT molecular complexity index is 1360. The number of allylic oxidation sites excluding steroid dienone is 11. The molecule has 1 aliphatic rings. The van der Waals surface area contributed by atoms with E-state index in [1.54, 1.807) is 6.08 Å². The summed E-state index contributed by atoms with van der Waals surface area (Å²) in [6.07, 6.45) is 65.5. The van der Waals surface area contributed by atoms with Gasteiger partial charge < -0.3 is 40.3 Å². The summed E-state index contributed by atoms with van der Waals surface area (Å²) in [6, 6.07) is -0.831. The third kappa shape index (κ3) is 40.9. The molecule has 1 amide bonds. The van der Waals surface area contributed by atoms with Crippen LogP contribution in [0.3, 0.4) is 0 Å². The quantitative estimate of drug-likeness (QED) is 0.0261. The molecule has 9 heteroatoms. The Morgan fingerprint density at radius 1 is 0.472 bits per heavy atom. The number of aliphatic hydroxyl groups excluding tert-OH is 5. The molecule has 72 heavy (non-hydrogen) atoms. The molecule has 0 spiro atoms. The van der Waals surface area contributed by atoms with Gasteiger partial charge in [0.2, 0.25) is 5.91 Å². The maximum Gasteiger partial charge on any atom is 0.220 e. The average Bonchev–Trinajstić information content (AvgIpc) is 3.38. The van der Waals surface area contributed by atoms with Crippen LogP contribution in [0.4, 0.5) is 0 Å². The van der Waals surface area contributed by atoms with E-state index in [0.717, 1.165) is 57.8 Å². The third-order valence-corrected chi connectivity index (χ3v) is 14.0. The molecule has 1 rings (SSSR count). The number of amides is 1. The van der Waals surface area contributed by atoms with Crippen molar-refractivity contribution in [3.05, 3.63) is 72.9 Å². The third-order valence-electron chi connectivity index (χ3n) is 14.0. The highest BCUT2D eigenvalue weighted by atomic mass is 16.7. The monoisotopic (exact) mass is 1010 g/mol. The van der Waals surface area contributed by atoms with E-state index in [1.165, 1.54) is 186 Å². The number of ether oxygens (including phenoxy) is 2. The minimum atomic E-state index is -1.58. The summed E-state index contributed by atoms with van der Waals surface area (Å²) >= 11 is 0. The van der Waals surface area contributed by atoms with Crippen LogP contribution in [0.2, 0.25) is 0 Å². The van der Waals surface area contributed by atoms with Crippen LogP contribution < -0.4 is 5.32 Å². The molecule has 7 unspecified atom stereocenters. The first-order valence-corrected chi connectivity index (χ1v) is 30.2. The summed E-state index contributed by atoms with van der Waals surface area (Å²) in [4.78, 5) is 13.1. The lowest BCUT2D eigenvalue weighted by Crippen LogP contribution is -2.60. The number of carbonyl (C=O) groups is 1. The zero-order valence-corrected chi connectivity index (χ0v) is 46.4. The summed E-state index contributed by atoms with van der Waals surface area (Å²) in [6.45, 7) is 3.75. The smallest absolute Gasteiger partial charge is 0.220 e. The van der Waals surface area contributed by atoms with Gasteiger partial charge in [-0.1, -0.05) is 247 Å². The maximum absolute atomic E-state index is 13.1. The fraction of sp³-hybridized carbons (Fsp3) is 0.794. The minimum absolute atomic E-state index is 0.191. The largest absolute Gasteiger partial charge is 0.394 e. The first-order chi connectivity index (χ1) is 35.3. The zero-order chi connectivity index (χ0) is 52.2. The SMILES string of the molecule is CCCCCCC/C=C\C/C=C\C/C=C\CCCCCCCCCCCCCCCCCCC(=O)NC(COC1OC(CO)C(O)C(O)C1O)C(O)/C=C/CC/C=C/CC/C=C/CCCCCCCCCC. The lowest BCUT2D eigenvalue weighted by Gasteiger charge is -2.40. The van der Waals surface area contributed by atoms with Gasteiger partial charge in [0.1, 0.15) is 24.4 Å². The van der Waals surface area contributed by atoms with Gasteiger partial charge in [0.05, 0.1) is 25.4 Å². The van der Waals surface area contributed by atoms with Crippen molar-refractivity contribution < 1.29 is 39.8 Å². The maximum atomic E-state index is 13.1. The van der Waals surface area contributed by atoms with Gasteiger partial charge in [0.15, 0.2) is 6.29 Å². The van der Waals surface area contributed by atoms with Crippen LogP contribution in [0.5, 0.6) is 0 Å². The lowest BCUT2D eigenvalue weighted by atomic mass is 9.99. The summed E-state index contributed by atoms with van der Waals surface area (Å²) in [5, 5.41) is 54.5. The molecule has 6 N–H and O–H groups in total. The minimum Gasteiger partial charge on any atom is -0.394 e.